The summed E-state index contributed by atoms with van der Waals surface area (Å²) in [7, 11) is 0. The van der Waals surface area contributed by atoms with Crippen molar-refractivity contribution < 1.29 is 35.6 Å². The third kappa shape index (κ3) is 37.1. The SMILES string of the molecule is C[C-](C)C.[La]. The second-order valence-electron chi connectivity index (χ2n) is 1.50. The minimum absolute atomic E-state index is 0. The Balaban J connectivity index is 0. The number of hydrogen-bond acceptors (Lipinski definition) is 0. The van der Waals surface area contributed by atoms with E-state index >= 15 is 0 Å². The minimum atomic E-state index is 0. The van der Waals surface area contributed by atoms with Gasteiger partial charge >= 0.3 is 0 Å². The van der Waals surface area contributed by atoms with Crippen molar-refractivity contribution >= 4 is 0 Å². The zero-order chi connectivity index (χ0) is 3.58. The van der Waals surface area contributed by atoms with E-state index in [1.54, 1.807) is 0 Å². The third-order valence-corrected chi connectivity index (χ3v) is 0. The molecule has 0 aromatic heterocycles. The maximum Gasteiger partial charge on any atom is 0 e. The van der Waals surface area contributed by atoms with Gasteiger partial charge in [-0.05, 0) is 0 Å². The van der Waals surface area contributed by atoms with Gasteiger partial charge in [-0.2, -0.15) is 20.8 Å². The Hall–Kier alpha value is 1.19. The molecule has 0 heterocycles. The van der Waals surface area contributed by atoms with Gasteiger partial charge in [0.15, 0.2) is 0 Å². The van der Waals surface area contributed by atoms with Crippen LogP contribution >= 0.6 is 0 Å². The Bertz CT molecular complexity index is 8.36. The first-order chi connectivity index (χ1) is 1.73. The molecule has 0 bridgehead atoms. The summed E-state index contributed by atoms with van der Waals surface area (Å²) in [6.07, 6.45) is 0. The van der Waals surface area contributed by atoms with Crippen LogP contribution in [-0.4, -0.2) is 0 Å². The van der Waals surface area contributed by atoms with Crippen molar-refractivity contribution in [2.45, 2.75) is 20.8 Å². The molecule has 0 fully saturated rings. The van der Waals surface area contributed by atoms with Gasteiger partial charge in [-0.15, -0.1) is 0 Å². The second kappa shape index (κ2) is 5.19. The largest absolute Gasteiger partial charge is 0.323 e. The van der Waals surface area contributed by atoms with E-state index in [9.17, 15) is 0 Å². The Kier molecular flexibility index (Phi) is 9.87. The van der Waals surface area contributed by atoms with Crippen LogP contribution in [0.2, 0.25) is 0 Å². The van der Waals surface area contributed by atoms with Gasteiger partial charge in [0.2, 0.25) is 0 Å². The summed E-state index contributed by atoms with van der Waals surface area (Å²) >= 11 is 0. The molecule has 0 aromatic carbocycles. The van der Waals surface area contributed by atoms with Gasteiger partial charge in [0, 0.05) is 35.6 Å². The van der Waals surface area contributed by atoms with Crippen LogP contribution in [0.4, 0.5) is 0 Å². The van der Waals surface area contributed by atoms with Gasteiger partial charge in [-0.25, -0.2) is 0 Å². The fourth-order valence-corrected chi connectivity index (χ4v) is 0. The van der Waals surface area contributed by atoms with Crippen LogP contribution in [0.15, 0.2) is 0 Å². The van der Waals surface area contributed by atoms with Gasteiger partial charge in [-0.1, -0.05) is 0 Å². The quantitative estimate of drug-likeness (QED) is 0.516. The topological polar surface area (TPSA) is 0 Å². The van der Waals surface area contributed by atoms with Crippen LogP contribution in [0.1, 0.15) is 20.8 Å². The second-order valence-corrected chi connectivity index (χ2v) is 1.50. The average molecular weight is 196 g/mol. The van der Waals surface area contributed by atoms with E-state index in [2.05, 4.69) is 20.8 Å². The van der Waals surface area contributed by atoms with Crippen LogP contribution in [-0.2, 0) is 0 Å². The summed E-state index contributed by atoms with van der Waals surface area (Å²) in [6.45, 7) is 6.25. The third-order valence-electron chi connectivity index (χ3n) is 0. The van der Waals surface area contributed by atoms with E-state index in [1.807, 2.05) is 0 Å². The van der Waals surface area contributed by atoms with Crippen molar-refractivity contribution in [3.05, 3.63) is 5.92 Å². The predicted octanol–water partition coefficient (Wildman–Crippen LogP) is 1.62. The molecule has 0 N–H and O–H groups in total. The zero-order valence-corrected chi connectivity index (χ0v) is 7.70. The molecule has 0 saturated heterocycles. The standard InChI is InChI=1S/C4H9.La/c1-4(2)3;/h1-3H3;/q-1;. The van der Waals surface area contributed by atoms with E-state index in [-0.39, 0.29) is 35.6 Å². The first-order valence-corrected chi connectivity index (χ1v) is 1.50. The first kappa shape index (κ1) is 9.50. The maximum absolute atomic E-state index is 2.08. The van der Waals surface area contributed by atoms with E-state index in [1.165, 1.54) is 5.92 Å². The summed E-state index contributed by atoms with van der Waals surface area (Å²) < 4.78 is 0. The molecular formula is C4H9La-. The summed E-state index contributed by atoms with van der Waals surface area (Å²) in [5.74, 6) is 1.42. The maximum atomic E-state index is 2.08. The van der Waals surface area contributed by atoms with E-state index in [0.717, 1.165) is 0 Å². The van der Waals surface area contributed by atoms with E-state index in [4.69, 9.17) is 0 Å². The molecule has 0 spiro atoms. The van der Waals surface area contributed by atoms with Crippen molar-refractivity contribution in [1.82, 2.24) is 0 Å². The molecule has 0 unspecified atom stereocenters. The van der Waals surface area contributed by atoms with Crippen LogP contribution in [0.3, 0.4) is 0 Å². The van der Waals surface area contributed by atoms with Crippen molar-refractivity contribution in [3.8, 4) is 0 Å². The molecule has 0 amide bonds. The van der Waals surface area contributed by atoms with E-state index < -0.39 is 0 Å². The molecule has 1 radical (unpaired) electrons. The van der Waals surface area contributed by atoms with Crippen LogP contribution < -0.4 is 0 Å². The molecule has 1 heteroatoms. The fraction of sp³-hybridized carbons (Fsp3) is 0.750. The van der Waals surface area contributed by atoms with Crippen LogP contribution in [0.25, 0.3) is 0 Å². The summed E-state index contributed by atoms with van der Waals surface area (Å²) in [6, 6.07) is 0. The zero-order valence-electron chi connectivity index (χ0n) is 4.08. The summed E-state index contributed by atoms with van der Waals surface area (Å²) in [5.41, 5.74) is 0. The normalized spacial score (nSPS) is 7.20. The molecule has 0 aliphatic rings. The minimum Gasteiger partial charge on any atom is -0.323 e. The van der Waals surface area contributed by atoms with Gasteiger partial charge in [0.05, 0.1) is 0 Å². The molecule has 29 valence electrons. The first-order valence-electron chi connectivity index (χ1n) is 1.50. The van der Waals surface area contributed by atoms with Gasteiger partial charge in [0.1, 0.15) is 0 Å². The van der Waals surface area contributed by atoms with Crippen molar-refractivity contribution in [2.24, 2.45) is 0 Å². The predicted molar refractivity (Wildman–Crippen MR) is 20.3 cm³/mol. The van der Waals surface area contributed by atoms with Gasteiger partial charge < -0.3 is 5.92 Å². The van der Waals surface area contributed by atoms with Crippen molar-refractivity contribution in [1.29, 1.82) is 0 Å². The fourth-order valence-electron chi connectivity index (χ4n) is 0. The Morgan fingerprint density at radius 3 is 1.00 bits per heavy atom. The molecule has 5 heavy (non-hydrogen) atoms. The molecule has 0 rings (SSSR count). The van der Waals surface area contributed by atoms with Crippen LogP contribution in [0, 0.1) is 41.5 Å². The Morgan fingerprint density at radius 1 is 1.00 bits per heavy atom. The van der Waals surface area contributed by atoms with Crippen molar-refractivity contribution in [3.63, 3.8) is 0 Å². The monoisotopic (exact) mass is 196 g/mol. The van der Waals surface area contributed by atoms with Crippen LogP contribution in [0.5, 0.6) is 0 Å². The molecule has 0 saturated carbocycles. The molecule has 0 aliphatic heterocycles. The van der Waals surface area contributed by atoms with Gasteiger partial charge in [0.25, 0.3) is 0 Å². The Morgan fingerprint density at radius 2 is 1.00 bits per heavy atom. The number of hydrogen-bond donors (Lipinski definition) is 0. The van der Waals surface area contributed by atoms with Gasteiger partial charge in [-0.3, -0.25) is 0 Å². The molecule has 0 aliphatic carbocycles. The smallest absolute Gasteiger partial charge is 0 e. The molecule has 0 aromatic rings. The Labute approximate surface area is 61.9 Å². The van der Waals surface area contributed by atoms with E-state index in [0.29, 0.717) is 0 Å². The summed E-state index contributed by atoms with van der Waals surface area (Å²) in [5, 5.41) is 0. The van der Waals surface area contributed by atoms with Crippen molar-refractivity contribution in [2.75, 3.05) is 0 Å². The average Bonchev–Trinajstić information content (AvgIpc) is 0.811. The molecule has 0 atom stereocenters. The molecular weight excluding hydrogens is 187 g/mol. The molecule has 0 nitrogen and oxygen atoms in total. The summed E-state index contributed by atoms with van der Waals surface area (Å²) in [4.78, 5) is 0. The number of rotatable bonds is 0.